The highest BCUT2D eigenvalue weighted by molar-refractivity contribution is 7.09. The molecule has 0 N–H and O–H groups in total. The highest BCUT2D eigenvalue weighted by atomic mass is 35.6. The predicted molar refractivity (Wildman–Crippen MR) is 33.0 cm³/mol. The molecule has 3 rings (SSSR count). The summed E-state index contributed by atoms with van der Waals surface area (Å²) in [7, 11) is -2.57. The minimum absolute atomic E-state index is 0.415. The Balaban J connectivity index is 2.11. The molecule has 0 amide bonds. The van der Waals surface area contributed by atoms with Crippen LogP contribution in [0.15, 0.2) is 0 Å². The maximum Gasteiger partial charge on any atom is 0.613 e. The molecule has 0 aromatic carbocycles. The van der Waals surface area contributed by atoms with Crippen molar-refractivity contribution in [2.75, 3.05) is 19.8 Å². The molecule has 52 valence electrons. The summed E-state index contributed by atoms with van der Waals surface area (Å²) < 4.78 is 15.4. The van der Waals surface area contributed by atoms with E-state index in [1.54, 1.807) is 0 Å². The molecule has 3 aliphatic heterocycles. The normalized spacial score (nSPS) is 49.7. The van der Waals surface area contributed by atoms with Gasteiger partial charge in [-0.15, -0.1) is 0 Å². The van der Waals surface area contributed by atoms with E-state index in [0.29, 0.717) is 5.92 Å². The van der Waals surface area contributed by atoms with Crippen LogP contribution >= 0.6 is 11.1 Å². The Morgan fingerprint density at radius 3 is 1.78 bits per heavy atom. The predicted octanol–water partition coefficient (Wildman–Crippen LogP) is 0.354. The molecule has 5 heteroatoms. The molecule has 0 radical (unpaired) electrons. The molecule has 0 aliphatic carbocycles. The Morgan fingerprint density at radius 2 is 1.56 bits per heavy atom. The fourth-order valence-corrected chi connectivity index (χ4v) is 3.04. The topological polar surface area (TPSA) is 27.7 Å². The molecule has 9 heavy (non-hydrogen) atoms. The van der Waals surface area contributed by atoms with E-state index in [2.05, 4.69) is 0 Å². The Bertz CT molecular complexity index is 109. The molecule has 3 heterocycles. The lowest BCUT2D eigenvalue weighted by molar-refractivity contribution is -0.0633. The summed E-state index contributed by atoms with van der Waals surface area (Å²) in [5, 5.41) is 0. The summed E-state index contributed by atoms with van der Waals surface area (Å²) in [6.45, 7) is 2.15. The molecule has 3 aliphatic rings. The first-order chi connectivity index (χ1) is 4.29. The van der Waals surface area contributed by atoms with Gasteiger partial charge in [0.05, 0.1) is 0 Å². The monoisotopic (exact) mass is 166 g/mol. The number of fused-ring (bicyclic) bond motifs is 3. The summed E-state index contributed by atoms with van der Waals surface area (Å²) in [6.07, 6.45) is 0. The lowest BCUT2D eigenvalue weighted by Crippen LogP contribution is -2.54. The smallest absolute Gasteiger partial charge is 0.361 e. The second-order valence-electron chi connectivity index (χ2n) is 2.28. The van der Waals surface area contributed by atoms with Gasteiger partial charge in [-0.05, 0) is 0 Å². The zero-order chi connectivity index (χ0) is 6.32. The third-order valence-corrected chi connectivity index (χ3v) is 3.99. The minimum Gasteiger partial charge on any atom is -0.361 e. The van der Waals surface area contributed by atoms with Crippen molar-refractivity contribution in [3.63, 3.8) is 0 Å². The fourth-order valence-electron chi connectivity index (χ4n) is 0.922. The van der Waals surface area contributed by atoms with Gasteiger partial charge < -0.3 is 13.3 Å². The van der Waals surface area contributed by atoms with Crippen molar-refractivity contribution < 1.29 is 13.3 Å². The quantitative estimate of drug-likeness (QED) is 0.384. The van der Waals surface area contributed by atoms with Crippen LogP contribution in [0.3, 0.4) is 0 Å². The number of hydrogen-bond acceptors (Lipinski definition) is 3. The zero-order valence-electron chi connectivity index (χ0n) is 4.80. The fraction of sp³-hybridized carbons (Fsp3) is 1.00. The molecular formula is C4H7ClO3Si. The van der Waals surface area contributed by atoms with Gasteiger partial charge in [-0.3, -0.25) is 0 Å². The van der Waals surface area contributed by atoms with Gasteiger partial charge in [0.25, 0.3) is 0 Å². The molecule has 0 aromatic heterocycles. The van der Waals surface area contributed by atoms with Crippen molar-refractivity contribution in [2.45, 2.75) is 0 Å². The van der Waals surface area contributed by atoms with Gasteiger partial charge in [0.15, 0.2) is 0 Å². The lowest BCUT2D eigenvalue weighted by Gasteiger charge is -2.38. The maximum atomic E-state index is 5.77. The lowest BCUT2D eigenvalue weighted by atomic mass is 10.2. The van der Waals surface area contributed by atoms with Gasteiger partial charge in [0.1, 0.15) is 0 Å². The first-order valence-electron chi connectivity index (χ1n) is 2.89. The molecule has 3 nitrogen and oxygen atoms in total. The van der Waals surface area contributed by atoms with E-state index in [0.717, 1.165) is 19.8 Å². The number of halogens is 1. The van der Waals surface area contributed by atoms with Crippen LogP contribution in [-0.2, 0) is 13.3 Å². The second-order valence-corrected chi connectivity index (χ2v) is 5.50. The van der Waals surface area contributed by atoms with E-state index < -0.39 is 8.11 Å². The molecule has 2 bridgehead atoms. The summed E-state index contributed by atoms with van der Waals surface area (Å²) >= 11 is 5.77. The second kappa shape index (κ2) is 1.93. The van der Waals surface area contributed by atoms with E-state index in [4.69, 9.17) is 24.4 Å². The van der Waals surface area contributed by atoms with Crippen molar-refractivity contribution in [3.8, 4) is 0 Å². The van der Waals surface area contributed by atoms with Crippen molar-refractivity contribution in [1.29, 1.82) is 0 Å². The van der Waals surface area contributed by atoms with Crippen LogP contribution in [-0.4, -0.2) is 27.9 Å². The van der Waals surface area contributed by atoms with Gasteiger partial charge in [0.2, 0.25) is 0 Å². The van der Waals surface area contributed by atoms with Crippen LogP contribution < -0.4 is 0 Å². The van der Waals surface area contributed by atoms with E-state index in [-0.39, 0.29) is 0 Å². The third kappa shape index (κ3) is 1.01. The Morgan fingerprint density at radius 1 is 1.11 bits per heavy atom. The first kappa shape index (κ1) is 6.12. The average Bonchev–Trinajstić information content (AvgIpc) is 1.90. The van der Waals surface area contributed by atoms with E-state index >= 15 is 0 Å². The maximum absolute atomic E-state index is 5.77. The highest BCUT2D eigenvalue weighted by Crippen LogP contribution is 2.28. The molecule has 0 atom stereocenters. The highest BCUT2D eigenvalue weighted by Gasteiger charge is 2.49. The van der Waals surface area contributed by atoms with E-state index in [9.17, 15) is 0 Å². The standard InChI is InChI=1S/C4H7ClO3Si/c5-9-6-1-4(2-7-9)3-8-9/h4H,1-3H2. The summed E-state index contributed by atoms with van der Waals surface area (Å²) in [5.41, 5.74) is 0. The zero-order valence-corrected chi connectivity index (χ0v) is 6.56. The van der Waals surface area contributed by atoms with Crippen LogP contribution in [0.25, 0.3) is 0 Å². The largest absolute Gasteiger partial charge is 0.613 e. The first-order valence-corrected chi connectivity index (χ1v) is 5.63. The van der Waals surface area contributed by atoms with E-state index in [1.165, 1.54) is 0 Å². The van der Waals surface area contributed by atoms with E-state index in [1.807, 2.05) is 0 Å². The number of rotatable bonds is 0. The van der Waals surface area contributed by atoms with Crippen molar-refractivity contribution in [3.05, 3.63) is 0 Å². The summed E-state index contributed by atoms with van der Waals surface area (Å²) in [6, 6.07) is 0. The van der Waals surface area contributed by atoms with Crippen molar-refractivity contribution in [2.24, 2.45) is 5.92 Å². The SMILES string of the molecule is Cl[Si]12OCC(CO1)CO2. The average molecular weight is 167 g/mol. The summed E-state index contributed by atoms with van der Waals surface area (Å²) in [5.74, 6) is 0.415. The van der Waals surface area contributed by atoms with Crippen LogP contribution in [0.1, 0.15) is 0 Å². The molecule has 3 saturated heterocycles. The third-order valence-electron chi connectivity index (χ3n) is 1.47. The molecule has 3 fully saturated rings. The van der Waals surface area contributed by atoms with Crippen molar-refractivity contribution >= 4 is 19.2 Å². The van der Waals surface area contributed by atoms with Crippen LogP contribution in [0.5, 0.6) is 0 Å². The van der Waals surface area contributed by atoms with Gasteiger partial charge in [-0.1, -0.05) is 11.1 Å². The molecule has 0 aromatic rings. The Hall–Kier alpha value is 0.387. The van der Waals surface area contributed by atoms with Crippen molar-refractivity contribution in [1.82, 2.24) is 0 Å². The van der Waals surface area contributed by atoms with Gasteiger partial charge in [0, 0.05) is 25.7 Å². The van der Waals surface area contributed by atoms with Gasteiger partial charge in [-0.25, -0.2) is 0 Å². The number of hydrogen-bond donors (Lipinski definition) is 0. The molecular weight excluding hydrogens is 160 g/mol. The van der Waals surface area contributed by atoms with Gasteiger partial charge in [-0.2, -0.15) is 0 Å². The van der Waals surface area contributed by atoms with Crippen LogP contribution in [0.2, 0.25) is 0 Å². The molecule has 0 saturated carbocycles. The molecule has 0 spiro atoms. The molecule has 0 unspecified atom stereocenters. The van der Waals surface area contributed by atoms with Gasteiger partial charge >= 0.3 is 8.11 Å². The Kier molecular flexibility index (Phi) is 1.31. The van der Waals surface area contributed by atoms with Crippen LogP contribution in [0.4, 0.5) is 0 Å². The minimum atomic E-state index is -2.57. The summed E-state index contributed by atoms with van der Waals surface area (Å²) in [4.78, 5) is 0. The Labute approximate surface area is 58.9 Å². The van der Waals surface area contributed by atoms with Crippen LogP contribution in [0, 0.1) is 5.92 Å².